The van der Waals surface area contributed by atoms with Gasteiger partial charge in [0.25, 0.3) is 5.91 Å². The van der Waals surface area contributed by atoms with Crippen molar-refractivity contribution in [2.24, 2.45) is 5.41 Å². The van der Waals surface area contributed by atoms with Crippen LogP contribution in [0.3, 0.4) is 0 Å². The third-order valence-corrected chi connectivity index (χ3v) is 5.73. The molecule has 1 saturated heterocycles. The number of rotatable bonds is 1. The Morgan fingerprint density at radius 1 is 1.20 bits per heavy atom. The molecule has 2 aromatic rings. The summed E-state index contributed by atoms with van der Waals surface area (Å²) < 4.78 is 5.24. The molecule has 0 saturated carbocycles. The van der Waals surface area contributed by atoms with Crippen LogP contribution in [0.4, 0.5) is 0 Å². The van der Waals surface area contributed by atoms with E-state index in [1.807, 2.05) is 18.7 Å². The second kappa shape index (κ2) is 5.99. The summed E-state index contributed by atoms with van der Waals surface area (Å²) in [5.74, 6) is 0.652. The van der Waals surface area contributed by atoms with Gasteiger partial charge < -0.3 is 14.3 Å². The van der Waals surface area contributed by atoms with Crippen LogP contribution in [0.5, 0.6) is 0 Å². The van der Waals surface area contributed by atoms with Gasteiger partial charge in [0.15, 0.2) is 0 Å². The largest absolute Gasteiger partial charge is 0.361 e. The maximum absolute atomic E-state index is 13.3. The van der Waals surface area contributed by atoms with Crippen molar-refractivity contribution in [2.75, 3.05) is 26.7 Å². The second-order valence-electron chi connectivity index (χ2n) is 7.79. The van der Waals surface area contributed by atoms with Crippen molar-refractivity contribution in [1.82, 2.24) is 15.0 Å². The van der Waals surface area contributed by atoms with Crippen LogP contribution in [0.2, 0.25) is 0 Å². The number of carbonyl (C=O) groups is 1. The molecule has 1 spiro atoms. The van der Waals surface area contributed by atoms with Gasteiger partial charge in [-0.15, -0.1) is 0 Å². The lowest BCUT2D eigenvalue weighted by Gasteiger charge is -2.32. The molecule has 25 heavy (non-hydrogen) atoms. The van der Waals surface area contributed by atoms with E-state index < -0.39 is 0 Å². The summed E-state index contributed by atoms with van der Waals surface area (Å²) in [5.41, 5.74) is 4.08. The molecule has 2 aliphatic rings. The number of fused-ring (bicyclic) bond motifs is 1. The first-order chi connectivity index (χ1) is 12.0. The van der Waals surface area contributed by atoms with E-state index in [2.05, 4.69) is 41.4 Å². The molecule has 1 fully saturated rings. The molecule has 0 bridgehead atoms. The molecule has 5 heteroatoms. The van der Waals surface area contributed by atoms with Gasteiger partial charge in [-0.1, -0.05) is 29.4 Å². The summed E-state index contributed by atoms with van der Waals surface area (Å²) in [5, 5.41) is 3.97. The first-order valence-electron chi connectivity index (χ1n) is 8.95. The number of aromatic nitrogens is 1. The standard InChI is InChI=1S/C20H25N3O2/c1-14-18(15(2)25-21-14)19(24)23-11-17-7-5-4-6-16(17)10-20(13-23)8-9-22(3)12-20/h4-7H,8-13H2,1-3H3. The maximum Gasteiger partial charge on any atom is 0.259 e. The molecule has 1 aromatic carbocycles. The predicted molar refractivity (Wildman–Crippen MR) is 95.4 cm³/mol. The number of likely N-dealkylation sites (tertiary alicyclic amines) is 1. The third-order valence-electron chi connectivity index (χ3n) is 5.73. The molecule has 3 heterocycles. The summed E-state index contributed by atoms with van der Waals surface area (Å²) in [7, 11) is 2.17. The number of hydrogen-bond donors (Lipinski definition) is 0. The highest BCUT2D eigenvalue weighted by molar-refractivity contribution is 5.96. The van der Waals surface area contributed by atoms with Crippen molar-refractivity contribution in [1.29, 1.82) is 0 Å². The summed E-state index contributed by atoms with van der Waals surface area (Å²) in [4.78, 5) is 17.7. The van der Waals surface area contributed by atoms with E-state index in [-0.39, 0.29) is 11.3 Å². The van der Waals surface area contributed by atoms with Crippen molar-refractivity contribution in [3.05, 3.63) is 52.4 Å². The molecule has 1 atom stereocenters. The topological polar surface area (TPSA) is 49.6 Å². The van der Waals surface area contributed by atoms with Crippen molar-refractivity contribution in [3.8, 4) is 0 Å². The molecule has 4 rings (SSSR count). The van der Waals surface area contributed by atoms with E-state index in [9.17, 15) is 4.79 Å². The lowest BCUT2D eigenvalue weighted by molar-refractivity contribution is 0.0657. The van der Waals surface area contributed by atoms with Crippen molar-refractivity contribution in [3.63, 3.8) is 0 Å². The number of amides is 1. The lowest BCUT2D eigenvalue weighted by Crippen LogP contribution is -2.41. The summed E-state index contributed by atoms with van der Waals surface area (Å²) >= 11 is 0. The van der Waals surface area contributed by atoms with Crippen LogP contribution in [0.25, 0.3) is 0 Å². The van der Waals surface area contributed by atoms with Gasteiger partial charge in [-0.25, -0.2) is 0 Å². The maximum atomic E-state index is 13.3. The Morgan fingerprint density at radius 3 is 2.60 bits per heavy atom. The van der Waals surface area contributed by atoms with E-state index >= 15 is 0 Å². The number of carbonyl (C=O) groups excluding carboxylic acids is 1. The van der Waals surface area contributed by atoms with Gasteiger partial charge in [0, 0.05) is 25.0 Å². The van der Waals surface area contributed by atoms with Gasteiger partial charge in [0.05, 0.1) is 5.69 Å². The molecule has 0 N–H and O–H groups in total. The summed E-state index contributed by atoms with van der Waals surface area (Å²) in [6.07, 6.45) is 2.17. The third kappa shape index (κ3) is 2.86. The summed E-state index contributed by atoms with van der Waals surface area (Å²) in [6, 6.07) is 8.55. The fourth-order valence-electron chi connectivity index (χ4n) is 4.53. The van der Waals surface area contributed by atoms with Gasteiger partial charge >= 0.3 is 0 Å². The van der Waals surface area contributed by atoms with Crippen LogP contribution >= 0.6 is 0 Å². The van der Waals surface area contributed by atoms with Crippen molar-refractivity contribution in [2.45, 2.75) is 33.2 Å². The Morgan fingerprint density at radius 2 is 1.96 bits per heavy atom. The van der Waals surface area contributed by atoms with E-state index in [4.69, 9.17) is 4.52 Å². The van der Waals surface area contributed by atoms with Crippen molar-refractivity contribution >= 4 is 5.91 Å². The van der Waals surface area contributed by atoms with Crippen LogP contribution in [0.1, 0.15) is 39.4 Å². The molecular weight excluding hydrogens is 314 g/mol. The highest BCUT2D eigenvalue weighted by Crippen LogP contribution is 2.38. The lowest BCUT2D eigenvalue weighted by atomic mass is 9.80. The molecular formula is C20H25N3O2. The molecule has 5 nitrogen and oxygen atoms in total. The van der Waals surface area contributed by atoms with Crippen molar-refractivity contribution < 1.29 is 9.32 Å². The van der Waals surface area contributed by atoms with E-state index in [1.54, 1.807) is 0 Å². The smallest absolute Gasteiger partial charge is 0.259 e. The van der Waals surface area contributed by atoms with Crippen LogP contribution in [-0.4, -0.2) is 47.5 Å². The zero-order valence-electron chi connectivity index (χ0n) is 15.2. The first kappa shape index (κ1) is 16.3. The van der Waals surface area contributed by atoms with E-state index in [1.165, 1.54) is 11.1 Å². The number of benzene rings is 1. The average molecular weight is 339 g/mol. The van der Waals surface area contributed by atoms with E-state index in [0.717, 1.165) is 32.5 Å². The normalized spacial score (nSPS) is 23.7. The zero-order valence-corrected chi connectivity index (χ0v) is 15.2. The number of hydrogen-bond acceptors (Lipinski definition) is 4. The summed E-state index contributed by atoms with van der Waals surface area (Å²) in [6.45, 7) is 7.23. The Balaban J connectivity index is 1.73. The molecule has 2 aliphatic heterocycles. The Labute approximate surface area is 148 Å². The number of nitrogens with zero attached hydrogens (tertiary/aromatic N) is 3. The molecule has 1 unspecified atom stereocenters. The minimum atomic E-state index is 0.0434. The average Bonchev–Trinajstić information content (AvgIpc) is 3.04. The van der Waals surface area contributed by atoms with Gasteiger partial charge in [-0.05, 0) is 51.4 Å². The fourth-order valence-corrected chi connectivity index (χ4v) is 4.53. The second-order valence-corrected chi connectivity index (χ2v) is 7.79. The van der Waals surface area contributed by atoms with E-state index in [0.29, 0.717) is 23.6 Å². The Kier molecular flexibility index (Phi) is 3.91. The Hall–Kier alpha value is -2.14. The van der Waals surface area contributed by atoms with Gasteiger partial charge in [-0.3, -0.25) is 4.79 Å². The minimum absolute atomic E-state index is 0.0434. The van der Waals surface area contributed by atoms with Crippen LogP contribution < -0.4 is 0 Å². The number of aryl methyl sites for hydroxylation is 2. The molecule has 0 aliphatic carbocycles. The molecule has 1 aromatic heterocycles. The van der Waals surface area contributed by atoms with Crippen LogP contribution in [0, 0.1) is 19.3 Å². The predicted octanol–water partition coefficient (Wildman–Crippen LogP) is 2.81. The minimum Gasteiger partial charge on any atom is -0.361 e. The zero-order chi connectivity index (χ0) is 17.6. The highest BCUT2D eigenvalue weighted by Gasteiger charge is 2.42. The molecule has 1 amide bonds. The van der Waals surface area contributed by atoms with Crippen LogP contribution in [-0.2, 0) is 13.0 Å². The molecule has 132 valence electrons. The Bertz CT molecular complexity index is 794. The van der Waals surface area contributed by atoms with Crippen LogP contribution in [0.15, 0.2) is 28.8 Å². The SMILES string of the molecule is Cc1noc(C)c1C(=O)N1Cc2ccccc2CC2(CCN(C)C2)C1. The monoisotopic (exact) mass is 339 g/mol. The fraction of sp³-hybridized carbons (Fsp3) is 0.500. The highest BCUT2D eigenvalue weighted by atomic mass is 16.5. The van der Waals surface area contributed by atoms with Gasteiger partial charge in [-0.2, -0.15) is 0 Å². The van der Waals surface area contributed by atoms with Gasteiger partial charge in [0.2, 0.25) is 0 Å². The quantitative estimate of drug-likeness (QED) is 0.802. The molecule has 0 radical (unpaired) electrons. The van der Waals surface area contributed by atoms with Gasteiger partial charge in [0.1, 0.15) is 11.3 Å². The first-order valence-corrected chi connectivity index (χ1v) is 8.95.